The van der Waals surface area contributed by atoms with Crippen molar-refractivity contribution in [2.45, 2.75) is 19.3 Å². The van der Waals surface area contributed by atoms with Crippen LogP contribution in [0.3, 0.4) is 0 Å². The lowest BCUT2D eigenvalue weighted by molar-refractivity contribution is -0.137. The monoisotopic (exact) mass is 573 g/mol. The van der Waals surface area contributed by atoms with Crippen LogP contribution in [0.15, 0.2) is 48.8 Å². The van der Waals surface area contributed by atoms with E-state index in [1.54, 1.807) is 37.7 Å². The molecule has 1 aliphatic rings. The number of benzene rings is 2. The highest BCUT2D eigenvalue weighted by atomic mass is 19.4. The molecule has 14 heteroatoms. The first-order chi connectivity index (χ1) is 19.7. The summed E-state index contributed by atoms with van der Waals surface area (Å²) < 4.78 is 66.0. The lowest BCUT2D eigenvalue weighted by Gasteiger charge is -2.27. The molecule has 0 bridgehead atoms. The molecule has 1 aliphatic heterocycles. The average Bonchev–Trinajstić information content (AvgIpc) is 3.24. The summed E-state index contributed by atoms with van der Waals surface area (Å²) in [6.07, 6.45) is -3.07. The van der Waals surface area contributed by atoms with E-state index < -0.39 is 29.3 Å². The number of methoxy groups -OCH3 is 1. The maximum absolute atomic E-state index is 14.1. The second-order valence-electron chi connectivity index (χ2n) is 9.41. The summed E-state index contributed by atoms with van der Waals surface area (Å²) in [7, 11) is 1.60. The van der Waals surface area contributed by atoms with E-state index in [0.29, 0.717) is 55.8 Å². The molecule has 0 radical (unpaired) electrons. The first-order valence-corrected chi connectivity index (χ1v) is 12.6. The molecule has 4 aromatic rings. The predicted molar refractivity (Wildman–Crippen MR) is 144 cm³/mol. The van der Waals surface area contributed by atoms with Gasteiger partial charge in [0.1, 0.15) is 12.1 Å². The Morgan fingerprint density at radius 3 is 2.54 bits per heavy atom. The Morgan fingerprint density at radius 2 is 1.85 bits per heavy atom. The largest absolute Gasteiger partial charge is 0.416 e. The molecule has 0 atom stereocenters. The summed E-state index contributed by atoms with van der Waals surface area (Å²) in [6.45, 7) is 3.73. The van der Waals surface area contributed by atoms with Crippen molar-refractivity contribution in [2.24, 2.45) is 0 Å². The molecule has 5 rings (SSSR count). The van der Waals surface area contributed by atoms with E-state index in [9.17, 15) is 22.4 Å². The number of anilines is 3. The molecule has 10 nitrogen and oxygen atoms in total. The van der Waals surface area contributed by atoms with Crippen molar-refractivity contribution >= 4 is 28.7 Å². The number of aromatic nitrogens is 3. The number of rotatable bonds is 7. The molecular weight excluding hydrogens is 546 g/mol. The molecule has 2 aromatic carbocycles. The van der Waals surface area contributed by atoms with Crippen LogP contribution in [0.4, 0.5) is 39.5 Å². The number of morpholine rings is 1. The van der Waals surface area contributed by atoms with Crippen molar-refractivity contribution in [1.82, 2.24) is 19.5 Å². The van der Waals surface area contributed by atoms with Gasteiger partial charge in [-0.3, -0.25) is 9.30 Å². The number of hydrogen-bond donors (Lipinski definition) is 3. The Labute approximate surface area is 232 Å². The van der Waals surface area contributed by atoms with Gasteiger partial charge < -0.3 is 25.8 Å². The van der Waals surface area contributed by atoms with E-state index in [2.05, 4.69) is 25.7 Å². The number of carbonyl (C=O) groups excluding carboxylic acids is 1. The normalized spacial score (nSPS) is 14.4. The van der Waals surface area contributed by atoms with Crippen molar-refractivity contribution in [3.8, 4) is 11.1 Å². The number of halogens is 4. The van der Waals surface area contributed by atoms with Crippen LogP contribution < -0.4 is 16.4 Å². The van der Waals surface area contributed by atoms with Gasteiger partial charge in [-0.25, -0.2) is 9.18 Å². The molecule has 3 heterocycles. The minimum atomic E-state index is -4.68. The highest BCUT2D eigenvalue weighted by molar-refractivity contribution is 6.00. The first kappa shape index (κ1) is 28.3. The van der Waals surface area contributed by atoms with E-state index >= 15 is 0 Å². The Balaban J connectivity index is 1.42. The van der Waals surface area contributed by atoms with Crippen LogP contribution in [0.5, 0.6) is 0 Å². The smallest absolute Gasteiger partial charge is 0.380 e. The van der Waals surface area contributed by atoms with Gasteiger partial charge in [0, 0.05) is 49.3 Å². The van der Waals surface area contributed by atoms with Crippen LogP contribution in [0, 0.1) is 5.82 Å². The van der Waals surface area contributed by atoms with Crippen molar-refractivity contribution in [2.75, 3.05) is 49.8 Å². The number of ether oxygens (including phenoxy) is 2. The number of hydrogen-bond acceptors (Lipinski definition) is 7. The van der Waals surface area contributed by atoms with Gasteiger partial charge in [-0.2, -0.15) is 13.2 Å². The van der Waals surface area contributed by atoms with Gasteiger partial charge in [-0.05, 0) is 35.9 Å². The maximum atomic E-state index is 14.1. The molecule has 0 unspecified atom stereocenters. The number of nitrogens with one attached hydrogen (secondary N) is 2. The molecule has 216 valence electrons. The summed E-state index contributed by atoms with van der Waals surface area (Å²) in [6, 6.07) is 7.63. The van der Waals surface area contributed by atoms with Crippen LogP contribution in [0.25, 0.3) is 16.6 Å². The van der Waals surface area contributed by atoms with E-state index in [-0.39, 0.29) is 5.82 Å². The van der Waals surface area contributed by atoms with Gasteiger partial charge in [0.05, 0.1) is 36.6 Å². The van der Waals surface area contributed by atoms with Crippen LogP contribution >= 0.6 is 0 Å². The summed E-state index contributed by atoms with van der Waals surface area (Å²) >= 11 is 0. The van der Waals surface area contributed by atoms with Crippen molar-refractivity contribution in [3.63, 3.8) is 0 Å². The van der Waals surface area contributed by atoms with Crippen molar-refractivity contribution in [1.29, 1.82) is 0 Å². The quantitative estimate of drug-likeness (QED) is 0.273. The summed E-state index contributed by atoms with van der Waals surface area (Å²) in [5, 5.41) is 12.7. The van der Waals surface area contributed by atoms with Gasteiger partial charge >= 0.3 is 12.2 Å². The molecule has 0 aliphatic carbocycles. The highest BCUT2D eigenvalue weighted by Gasteiger charge is 2.31. The zero-order valence-electron chi connectivity index (χ0n) is 22.0. The lowest BCUT2D eigenvalue weighted by Crippen LogP contribution is -2.36. The Morgan fingerprint density at radius 1 is 1.12 bits per heavy atom. The first-order valence-electron chi connectivity index (χ1n) is 12.6. The topological polar surface area (TPSA) is 119 Å². The minimum Gasteiger partial charge on any atom is -0.380 e. The van der Waals surface area contributed by atoms with E-state index in [0.717, 1.165) is 35.5 Å². The fraction of sp³-hybridized carbons (Fsp3) is 0.296. The van der Waals surface area contributed by atoms with E-state index in [4.69, 9.17) is 15.2 Å². The zero-order chi connectivity index (χ0) is 29.1. The van der Waals surface area contributed by atoms with E-state index in [1.165, 1.54) is 0 Å². The number of nitrogens with zero attached hydrogens (tertiary/aromatic N) is 4. The van der Waals surface area contributed by atoms with Crippen LogP contribution in [-0.2, 0) is 28.8 Å². The third kappa shape index (κ3) is 6.09. The third-order valence-corrected chi connectivity index (χ3v) is 6.73. The van der Waals surface area contributed by atoms with Gasteiger partial charge in [0.15, 0.2) is 5.82 Å². The average molecular weight is 574 g/mol. The molecule has 41 heavy (non-hydrogen) atoms. The SMILES string of the molecule is COCc1c(-c2ccc(NC(=O)Nc3cc(C(F)(F)F)ccc3F)cc2)c2c(N)nncn2c1CN1CCOCC1. The Bertz CT molecular complexity index is 1550. The molecular formula is C27H27F4N7O3. The van der Waals surface area contributed by atoms with Gasteiger partial charge in [-0.15, -0.1) is 10.2 Å². The Hall–Kier alpha value is -4.27. The zero-order valence-corrected chi connectivity index (χ0v) is 22.0. The molecule has 1 fully saturated rings. The highest BCUT2D eigenvalue weighted by Crippen LogP contribution is 2.37. The second-order valence-corrected chi connectivity index (χ2v) is 9.41. The maximum Gasteiger partial charge on any atom is 0.416 e. The number of carbonyl (C=O) groups is 1. The molecule has 4 N–H and O–H groups in total. The standard InChI is InChI=1S/C27H27F4N7O3/c1-40-14-19-22(13-37-8-10-41-11-9-37)38-15-33-36-25(32)24(38)23(19)16-2-5-18(6-3-16)34-26(39)35-21-12-17(27(29,30)31)4-7-20(21)28/h2-7,12,15H,8-11,13-14H2,1H3,(H2,32,36)(H2,34,35,39). The van der Waals surface area contributed by atoms with Crippen LogP contribution in [-0.4, -0.2) is 58.9 Å². The van der Waals surface area contributed by atoms with Crippen molar-refractivity contribution in [3.05, 3.63) is 71.4 Å². The fourth-order valence-corrected chi connectivity index (χ4v) is 4.81. The van der Waals surface area contributed by atoms with Gasteiger partial charge in [-0.1, -0.05) is 12.1 Å². The number of amides is 2. The van der Waals surface area contributed by atoms with Gasteiger partial charge in [0.2, 0.25) is 0 Å². The molecule has 1 saturated heterocycles. The van der Waals surface area contributed by atoms with Crippen LogP contribution in [0.2, 0.25) is 0 Å². The van der Waals surface area contributed by atoms with E-state index in [1.807, 2.05) is 4.40 Å². The molecule has 2 amide bonds. The molecule has 0 saturated carbocycles. The third-order valence-electron chi connectivity index (χ3n) is 6.73. The fourth-order valence-electron chi connectivity index (χ4n) is 4.81. The number of urea groups is 1. The number of alkyl halides is 3. The minimum absolute atomic E-state index is 0.234. The summed E-state index contributed by atoms with van der Waals surface area (Å²) in [4.78, 5) is 14.7. The number of nitrogen functional groups attached to an aromatic ring is 1. The molecule has 0 spiro atoms. The number of nitrogens with two attached hydrogens (primary N) is 1. The Kier molecular flexibility index (Phi) is 8.06. The molecule has 2 aromatic heterocycles. The lowest BCUT2D eigenvalue weighted by atomic mass is 10.0. The predicted octanol–water partition coefficient (Wildman–Crippen LogP) is 4.76. The number of fused-ring (bicyclic) bond motifs is 1. The van der Waals surface area contributed by atoms with Crippen LogP contribution in [0.1, 0.15) is 16.8 Å². The summed E-state index contributed by atoms with van der Waals surface area (Å²) in [5.74, 6) is -0.763. The summed E-state index contributed by atoms with van der Waals surface area (Å²) in [5.41, 5.74) is 9.01. The second kappa shape index (κ2) is 11.7. The van der Waals surface area contributed by atoms with Gasteiger partial charge in [0.25, 0.3) is 0 Å². The van der Waals surface area contributed by atoms with Crippen molar-refractivity contribution < 1.29 is 31.8 Å².